The number of ether oxygens (including phenoxy) is 1. The smallest absolute Gasteiger partial charge is 0.283 e. The molecule has 0 aromatic carbocycles. The van der Waals surface area contributed by atoms with Crippen molar-refractivity contribution in [2.75, 3.05) is 26.8 Å². The van der Waals surface area contributed by atoms with Gasteiger partial charge in [-0.1, -0.05) is 6.07 Å². The first-order chi connectivity index (χ1) is 9.22. The zero-order chi connectivity index (χ0) is 13.7. The quantitative estimate of drug-likeness (QED) is 0.449. The molecule has 1 saturated heterocycles. The number of carbonyl (C=O) groups is 1. The van der Waals surface area contributed by atoms with Crippen molar-refractivity contribution in [2.24, 2.45) is 11.8 Å². The first-order valence-electron chi connectivity index (χ1n) is 6.41. The van der Waals surface area contributed by atoms with Crippen LogP contribution in [0.1, 0.15) is 22.6 Å². The summed E-state index contributed by atoms with van der Waals surface area (Å²) in [5, 5.41) is 0. The van der Waals surface area contributed by atoms with Crippen molar-refractivity contribution in [2.45, 2.75) is 13.0 Å². The normalized spacial score (nSPS) is 19.6. The molecule has 3 N–H and O–H groups in total. The lowest BCUT2D eigenvalue weighted by molar-refractivity contribution is 0.0948. The first-order valence-corrected chi connectivity index (χ1v) is 6.41. The van der Waals surface area contributed by atoms with Crippen LogP contribution in [-0.2, 0) is 11.3 Å². The van der Waals surface area contributed by atoms with E-state index >= 15 is 0 Å². The van der Waals surface area contributed by atoms with Gasteiger partial charge in [-0.25, -0.2) is 10.8 Å². The van der Waals surface area contributed by atoms with Crippen LogP contribution in [0.4, 0.5) is 0 Å². The second kappa shape index (κ2) is 6.60. The predicted octanol–water partition coefficient (Wildman–Crippen LogP) is 0.153. The van der Waals surface area contributed by atoms with E-state index in [0.29, 0.717) is 11.6 Å². The Hall–Kier alpha value is -1.50. The highest BCUT2D eigenvalue weighted by Gasteiger charge is 2.22. The van der Waals surface area contributed by atoms with Gasteiger partial charge in [0, 0.05) is 20.2 Å². The summed E-state index contributed by atoms with van der Waals surface area (Å²) in [6, 6.07) is 5.41. The minimum atomic E-state index is -0.361. The van der Waals surface area contributed by atoms with Crippen LogP contribution in [0.25, 0.3) is 0 Å². The standard InChI is InChI=1S/C13H20N4O2/c1-19-9-10-5-6-17(7-10)8-11-3-2-4-12(15-11)13(18)16-14/h2-4,10H,5-9,14H2,1H3,(H,16,18). The molecule has 1 aliphatic heterocycles. The first kappa shape index (κ1) is 13.9. The largest absolute Gasteiger partial charge is 0.384 e. The van der Waals surface area contributed by atoms with Crippen molar-refractivity contribution < 1.29 is 9.53 Å². The molecule has 0 radical (unpaired) electrons. The van der Waals surface area contributed by atoms with Crippen LogP contribution < -0.4 is 11.3 Å². The third-order valence-corrected chi connectivity index (χ3v) is 3.33. The van der Waals surface area contributed by atoms with Gasteiger partial charge in [0.25, 0.3) is 5.91 Å². The molecule has 1 atom stereocenters. The van der Waals surface area contributed by atoms with Gasteiger partial charge in [-0.05, 0) is 31.0 Å². The molecule has 1 amide bonds. The van der Waals surface area contributed by atoms with Crippen molar-refractivity contribution in [3.05, 3.63) is 29.6 Å². The number of hydrogen-bond acceptors (Lipinski definition) is 5. The predicted molar refractivity (Wildman–Crippen MR) is 71.2 cm³/mol. The number of hydrazine groups is 1. The molecule has 6 nitrogen and oxygen atoms in total. The molecule has 6 heteroatoms. The Morgan fingerprint density at radius 1 is 1.63 bits per heavy atom. The Labute approximate surface area is 112 Å². The van der Waals surface area contributed by atoms with Crippen molar-refractivity contribution in [1.29, 1.82) is 0 Å². The van der Waals surface area contributed by atoms with E-state index in [0.717, 1.165) is 38.4 Å². The summed E-state index contributed by atoms with van der Waals surface area (Å²) in [6.07, 6.45) is 1.15. The second-order valence-electron chi connectivity index (χ2n) is 4.83. The van der Waals surface area contributed by atoms with Crippen molar-refractivity contribution in [3.63, 3.8) is 0 Å². The molecule has 1 unspecified atom stereocenters. The third-order valence-electron chi connectivity index (χ3n) is 3.33. The number of pyridine rings is 1. The number of likely N-dealkylation sites (tertiary alicyclic amines) is 1. The van der Waals surface area contributed by atoms with Crippen LogP contribution in [0.15, 0.2) is 18.2 Å². The monoisotopic (exact) mass is 264 g/mol. The molecule has 1 aliphatic rings. The highest BCUT2D eigenvalue weighted by Crippen LogP contribution is 2.18. The van der Waals surface area contributed by atoms with Gasteiger partial charge in [0.15, 0.2) is 0 Å². The highest BCUT2D eigenvalue weighted by molar-refractivity contribution is 5.91. The molecule has 0 bridgehead atoms. The number of nitrogens with zero attached hydrogens (tertiary/aromatic N) is 2. The van der Waals surface area contributed by atoms with Crippen LogP contribution in [0, 0.1) is 5.92 Å². The molecule has 19 heavy (non-hydrogen) atoms. The fraction of sp³-hybridized carbons (Fsp3) is 0.538. The summed E-state index contributed by atoms with van der Waals surface area (Å²) < 4.78 is 5.18. The van der Waals surface area contributed by atoms with Gasteiger partial charge in [0.05, 0.1) is 12.3 Å². The number of carbonyl (C=O) groups excluding carboxylic acids is 1. The van der Waals surface area contributed by atoms with E-state index < -0.39 is 0 Å². The van der Waals surface area contributed by atoms with E-state index in [1.807, 2.05) is 12.1 Å². The van der Waals surface area contributed by atoms with E-state index in [1.165, 1.54) is 0 Å². The van der Waals surface area contributed by atoms with E-state index in [4.69, 9.17) is 10.6 Å². The number of rotatable bonds is 5. The Balaban J connectivity index is 1.94. The number of nitrogens with one attached hydrogen (secondary N) is 1. The summed E-state index contributed by atoms with van der Waals surface area (Å²) in [5.74, 6) is 5.34. The maximum Gasteiger partial charge on any atom is 0.283 e. The van der Waals surface area contributed by atoms with Crippen molar-refractivity contribution in [1.82, 2.24) is 15.3 Å². The van der Waals surface area contributed by atoms with Gasteiger partial charge in [-0.15, -0.1) is 0 Å². The molecular weight excluding hydrogens is 244 g/mol. The lowest BCUT2D eigenvalue weighted by Crippen LogP contribution is -2.31. The molecular formula is C13H20N4O2. The molecule has 0 saturated carbocycles. The van der Waals surface area contributed by atoms with Gasteiger partial charge >= 0.3 is 0 Å². The maximum atomic E-state index is 11.4. The van der Waals surface area contributed by atoms with Crippen molar-refractivity contribution >= 4 is 5.91 Å². The summed E-state index contributed by atoms with van der Waals surface area (Å²) in [4.78, 5) is 18.1. The van der Waals surface area contributed by atoms with E-state index in [1.54, 1.807) is 13.2 Å². The Kier molecular flexibility index (Phi) is 4.84. The summed E-state index contributed by atoms with van der Waals surface area (Å²) in [5.41, 5.74) is 3.34. The molecule has 0 spiro atoms. The van der Waals surface area contributed by atoms with Crippen LogP contribution in [0.3, 0.4) is 0 Å². The zero-order valence-corrected chi connectivity index (χ0v) is 11.1. The molecule has 2 heterocycles. The lowest BCUT2D eigenvalue weighted by Gasteiger charge is -2.15. The number of aromatic nitrogens is 1. The van der Waals surface area contributed by atoms with Gasteiger partial charge in [0.1, 0.15) is 5.69 Å². The Morgan fingerprint density at radius 3 is 3.21 bits per heavy atom. The average Bonchev–Trinajstić information content (AvgIpc) is 2.86. The summed E-state index contributed by atoms with van der Waals surface area (Å²) in [7, 11) is 1.74. The van der Waals surface area contributed by atoms with E-state index in [2.05, 4.69) is 15.3 Å². The number of amides is 1. The van der Waals surface area contributed by atoms with Crippen LogP contribution in [-0.4, -0.2) is 42.6 Å². The van der Waals surface area contributed by atoms with Gasteiger partial charge in [-0.3, -0.25) is 15.1 Å². The average molecular weight is 264 g/mol. The fourth-order valence-electron chi connectivity index (χ4n) is 2.43. The van der Waals surface area contributed by atoms with E-state index in [-0.39, 0.29) is 5.91 Å². The van der Waals surface area contributed by atoms with Gasteiger partial charge < -0.3 is 4.74 Å². The van der Waals surface area contributed by atoms with E-state index in [9.17, 15) is 4.79 Å². The SMILES string of the molecule is COCC1CCN(Cc2cccc(C(=O)NN)n2)C1. The maximum absolute atomic E-state index is 11.4. The number of nitrogen functional groups attached to an aromatic ring is 1. The molecule has 0 aliphatic carbocycles. The molecule has 1 aromatic rings. The number of hydrogen-bond donors (Lipinski definition) is 2. The zero-order valence-electron chi connectivity index (χ0n) is 11.1. The molecule has 104 valence electrons. The van der Waals surface area contributed by atoms with Gasteiger partial charge in [-0.2, -0.15) is 0 Å². The molecule has 1 fully saturated rings. The van der Waals surface area contributed by atoms with Crippen LogP contribution >= 0.6 is 0 Å². The Morgan fingerprint density at radius 2 is 2.47 bits per heavy atom. The van der Waals surface area contributed by atoms with Crippen LogP contribution in [0.2, 0.25) is 0 Å². The third kappa shape index (κ3) is 3.73. The second-order valence-corrected chi connectivity index (χ2v) is 4.83. The minimum absolute atomic E-state index is 0.354. The fourth-order valence-corrected chi connectivity index (χ4v) is 2.43. The Bertz CT molecular complexity index is 438. The molecule has 2 rings (SSSR count). The number of nitrogens with two attached hydrogens (primary N) is 1. The van der Waals surface area contributed by atoms with Crippen molar-refractivity contribution in [3.8, 4) is 0 Å². The summed E-state index contributed by atoms with van der Waals surface area (Å²) in [6.45, 7) is 3.62. The van der Waals surface area contributed by atoms with Crippen LogP contribution in [0.5, 0.6) is 0 Å². The number of methoxy groups -OCH3 is 1. The minimum Gasteiger partial charge on any atom is -0.384 e. The summed E-state index contributed by atoms with van der Waals surface area (Å²) >= 11 is 0. The van der Waals surface area contributed by atoms with Gasteiger partial charge in [0.2, 0.25) is 0 Å². The topological polar surface area (TPSA) is 80.5 Å². The lowest BCUT2D eigenvalue weighted by atomic mass is 10.1. The highest BCUT2D eigenvalue weighted by atomic mass is 16.5. The molecule has 1 aromatic heterocycles.